The van der Waals surface area contributed by atoms with Gasteiger partial charge in [0, 0.05) is 0 Å². The van der Waals surface area contributed by atoms with E-state index in [4.69, 9.17) is 0 Å². The molecule has 0 aromatic rings. The lowest BCUT2D eigenvalue weighted by Crippen LogP contribution is -2.17. The first kappa shape index (κ1) is 8.85. The molecule has 0 aliphatic rings. The standard InChI is InChI=1S/C6H9NO3/c1-3-10-6(9)5(2)7-4-8/h5H,3H2,1-2H3/t5-/m1/s1. The van der Waals surface area contributed by atoms with E-state index < -0.39 is 12.0 Å². The molecule has 10 heavy (non-hydrogen) atoms. The van der Waals surface area contributed by atoms with Crippen molar-refractivity contribution in [2.24, 2.45) is 4.99 Å². The molecule has 0 aliphatic heterocycles. The molecule has 0 fully saturated rings. The van der Waals surface area contributed by atoms with Gasteiger partial charge in [-0.2, -0.15) is 4.99 Å². The summed E-state index contributed by atoms with van der Waals surface area (Å²) < 4.78 is 4.54. The maximum Gasteiger partial charge on any atom is 0.331 e. The van der Waals surface area contributed by atoms with Crippen LogP contribution in [-0.4, -0.2) is 24.7 Å². The van der Waals surface area contributed by atoms with Crippen molar-refractivity contribution in [1.29, 1.82) is 0 Å². The molecular weight excluding hydrogens is 134 g/mol. The third-order valence-electron chi connectivity index (χ3n) is 0.874. The molecule has 0 radical (unpaired) electrons. The van der Waals surface area contributed by atoms with Gasteiger partial charge in [0.15, 0.2) is 6.04 Å². The number of aliphatic imine (C=N–C) groups is 1. The summed E-state index contributed by atoms with van der Waals surface area (Å²) in [5.41, 5.74) is 0. The fourth-order valence-corrected chi connectivity index (χ4v) is 0.395. The molecule has 0 saturated heterocycles. The summed E-state index contributed by atoms with van der Waals surface area (Å²) in [7, 11) is 0. The number of carbonyl (C=O) groups is 1. The SMILES string of the molecule is CCOC(=O)[C@@H](C)N=C=O. The molecule has 0 spiro atoms. The van der Waals surface area contributed by atoms with Gasteiger partial charge in [-0.1, -0.05) is 0 Å². The van der Waals surface area contributed by atoms with Crippen LogP contribution >= 0.6 is 0 Å². The van der Waals surface area contributed by atoms with Crippen LogP contribution < -0.4 is 0 Å². The van der Waals surface area contributed by atoms with Gasteiger partial charge < -0.3 is 4.74 Å². The Bertz CT molecular complexity index is 160. The highest BCUT2D eigenvalue weighted by Gasteiger charge is 2.10. The molecule has 0 aromatic heterocycles. The molecule has 0 unspecified atom stereocenters. The lowest BCUT2D eigenvalue weighted by atomic mass is 10.4. The van der Waals surface area contributed by atoms with Crippen molar-refractivity contribution in [2.75, 3.05) is 6.61 Å². The minimum Gasteiger partial charge on any atom is -0.464 e. The lowest BCUT2D eigenvalue weighted by molar-refractivity contribution is -0.144. The van der Waals surface area contributed by atoms with Gasteiger partial charge in [0.05, 0.1) is 6.61 Å². The molecule has 56 valence electrons. The summed E-state index contributed by atoms with van der Waals surface area (Å²) in [5.74, 6) is -0.495. The van der Waals surface area contributed by atoms with Crippen LogP contribution in [0.2, 0.25) is 0 Å². The monoisotopic (exact) mass is 143 g/mol. The number of carbonyl (C=O) groups excluding carboxylic acids is 2. The molecule has 1 atom stereocenters. The minimum absolute atomic E-state index is 0.303. The summed E-state index contributed by atoms with van der Waals surface area (Å²) in [6, 6.07) is -0.725. The fraction of sp³-hybridized carbons (Fsp3) is 0.667. The van der Waals surface area contributed by atoms with Gasteiger partial charge in [0.1, 0.15) is 0 Å². The topological polar surface area (TPSA) is 55.7 Å². The van der Waals surface area contributed by atoms with Crippen LogP contribution in [0.15, 0.2) is 4.99 Å². The van der Waals surface area contributed by atoms with Crippen molar-refractivity contribution in [1.82, 2.24) is 0 Å². The van der Waals surface area contributed by atoms with E-state index >= 15 is 0 Å². The number of isocyanates is 1. The number of nitrogens with zero attached hydrogens (tertiary/aromatic N) is 1. The predicted octanol–water partition coefficient (Wildman–Crippen LogP) is 0.274. The Hall–Kier alpha value is -1.15. The quantitative estimate of drug-likeness (QED) is 0.324. The first-order valence-corrected chi connectivity index (χ1v) is 2.96. The average molecular weight is 143 g/mol. The zero-order valence-corrected chi connectivity index (χ0v) is 5.96. The van der Waals surface area contributed by atoms with Crippen molar-refractivity contribution in [3.63, 3.8) is 0 Å². The predicted molar refractivity (Wildman–Crippen MR) is 34.2 cm³/mol. The number of hydrogen-bond acceptors (Lipinski definition) is 4. The van der Waals surface area contributed by atoms with Gasteiger partial charge in [0.25, 0.3) is 0 Å². The molecule has 0 rings (SSSR count). The number of hydrogen-bond donors (Lipinski definition) is 0. The Morgan fingerprint density at radius 2 is 2.40 bits per heavy atom. The van der Waals surface area contributed by atoms with Gasteiger partial charge in [-0.05, 0) is 13.8 Å². The molecule has 4 nitrogen and oxygen atoms in total. The molecular formula is C6H9NO3. The molecule has 0 saturated carbocycles. The third kappa shape index (κ3) is 2.99. The van der Waals surface area contributed by atoms with Gasteiger partial charge in [0.2, 0.25) is 6.08 Å². The average Bonchev–Trinajstić information content (AvgIpc) is 1.89. The highest BCUT2D eigenvalue weighted by atomic mass is 16.5. The summed E-state index contributed by atoms with van der Waals surface area (Å²) in [5, 5.41) is 0. The summed E-state index contributed by atoms with van der Waals surface area (Å²) in [6.45, 7) is 3.47. The van der Waals surface area contributed by atoms with Gasteiger partial charge in [-0.15, -0.1) is 0 Å². The van der Waals surface area contributed by atoms with E-state index in [0.717, 1.165) is 0 Å². The largest absolute Gasteiger partial charge is 0.464 e. The molecule has 0 aliphatic carbocycles. The van der Waals surface area contributed by atoms with E-state index in [1.807, 2.05) is 0 Å². The van der Waals surface area contributed by atoms with Crippen molar-refractivity contribution in [2.45, 2.75) is 19.9 Å². The molecule has 4 heteroatoms. The van der Waals surface area contributed by atoms with E-state index in [-0.39, 0.29) is 0 Å². The maximum atomic E-state index is 10.6. The van der Waals surface area contributed by atoms with E-state index in [9.17, 15) is 9.59 Å². The third-order valence-corrected chi connectivity index (χ3v) is 0.874. The van der Waals surface area contributed by atoms with Crippen LogP contribution in [0.3, 0.4) is 0 Å². The van der Waals surface area contributed by atoms with Crippen molar-refractivity contribution in [3.8, 4) is 0 Å². The first-order chi connectivity index (χ1) is 4.72. The second-order valence-corrected chi connectivity index (χ2v) is 1.65. The van der Waals surface area contributed by atoms with Gasteiger partial charge in [-0.3, -0.25) is 0 Å². The highest BCUT2D eigenvalue weighted by Crippen LogP contribution is 1.91. The normalized spacial score (nSPS) is 11.4. The van der Waals surface area contributed by atoms with Gasteiger partial charge in [-0.25, -0.2) is 9.59 Å². The molecule has 0 bridgehead atoms. The van der Waals surface area contributed by atoms with E-state index in [1.54, 1.807) is 6.92 Å². The van der Waals surface area contributed by atoms with Crippen LogP contribution in [0.25, 0.3) is 0 Å². The van der Waals surface area contributed by atoms with Crippen LogP contribution in [0.5, 0.6) is 0 Å². The number of ether oxygens (including phenoxy) is 1. The smallest absolute Gasteiger partial charge is 0.331 e. The summed E-state index contributed by atoms with van der Waals surface area (Å²) in [4.78, 5) is 23.4. The second-order valence-electron chi connectivity index (χ2n) is 1.65. The Kier molecular flexibility index (Phi) is 4.16. The molecule has 0 heterocycles. The minimum atomic E-state index is -0.725. The van der Waals surface area contributed by atoms with E-state index in [1.165, 1.54) is 13.0 Å². The van der Waals surface area contributed by atoms with Crippen LogP contribution in [0.1, 0.15) is 13.8 Å². The second kappa shape index (κ2) is 4.70. The molecule has 0 amide bonds. The van der Waals surface area contributed by atoms with Gasteiger partial charge >= 0.3 is 5.97 Å². The van der Waals surface area contributed by atoms with Crippen LogP contribution in [0, 0.1) is 0 Å². The molecule has 0 N–H and O–H groups in total. The Morgan fingerprint density at radius 1 is 1.80 bits per heavy atom. The Morgan fingerprint density at radius 3 is 2.80 bits per heavy atom. The van der Waals surface area contributed by atoms with E-state index in [2.05, 4.69) is 9.73 Å². The lowest BCUT2D eigenvalue weighted by Gasteiger charge is -2.01. The number of esters is 1. The number of rotatable bonds is 3. The zero-order chi connectivity index (χ0) is 7.98. The van der Waals surface area contributed by atoms with Crippen molar-refractivity contribution >= 4 is 12.0 Å². The summed E-state index contributed by atoms with van der Waals surface area (Å²) in [6.07, 6.45) is 1.28. The highest BCUT2D eigenvalue weighted by molar-refractivity contribution is 5.76. The van der Waals surface area contributed by atoms with Crippen molar-refractivity contribution < 1.29 is 14.3 Å². The van der Waals surface area contributed by atoms with Crippen LogP contribution in [-0.2, 0) is 14.3 Å². The molecule has 0 aromatic carbocycles. The maximum absolute atomic E-state index is 10.6. The van der Waals surface area contributed by atoms with Crippen molar-refractivity contribution in [3.05, 3.63) is 0 Å². The zero-order valence-electron chi connectivity index (χ0n) is 5.96. The first-order valence-electron chi connectivity index (χ1n) is 2.96. The Labute approximate surface area is 58.9 Å². The summed E-state index contributed by atoms with van der Waals surface area (Å²) >= 11 is 0. The van der Waals surface area contributed by atoms with E-state index in [0.29, 0.717) is 6.61 Å². The van der Waals surface area contributed by atoms with Crippen LogP contribution in [0.4, 0.5) is 0 Å². The fourth-order valence-electron chi connectivity index (χ4n) is 0.395. The Balaban J connectivity index is 3.81.